The molecule has 1 unspecified atom stereocenters. The molecule has 0 radical (unpaired) electrons. The van der Waals surface area contributed by atoms with E-state index in [0.717, 1.165) is 28.7 Å². The van der Waals surface area contributed by atoms with Gasteiger partial charge in [0.2, 0.25) is 0 Å². The van der Waals surface area contributed by atoms with E-state index in [0.29, 0.717) is 0 Å². The zero-order valence-corrected chi connectivity index (χ0v) is 11.6. The lowest BCUT2D eigenvalue weighted by molar-refractivity contribution is 0.653. The van der Waals surface area contributed by atoms with Crippen molar-refractivity contribution < 1.29 is 0 Å². The Balaban J connectivity index is 2.02. The van der Waals surface area contributed by atoms with Crippen LogP contribution in [0, 0.1) is 0 Å². The third kappa shape index (κ3) is 2.28. The first-order valence-electron chi connectivity index (χ1n) is 6.72. The second-order valence-corrected chi connectivity index (χ2v) is 4.66. The summed E-state index contributed by atoms with van der Waals surface area (Å²) in [4.78, 5) is 8.66. The van der Waals surface area contributed by atoms with Crippen LogP contribution in [-0.2, 0) is 6.54 Å². The van der Waals surface area contributed by atoms with Crippen LogP contribution in [-0.4, -0.2) is 26.8 Å². The molecule has 0 saturated carbocycles. The molecule has 0 fully saturated rings. The Labute approximate surface area is 117 Å². The van der Waals surface area contributed by atoms with Crippen molar-refractivity contribution in [2.75, 3.05) is 7.05 Å². The molecule has 3 rings (SSSR count). The summed E-state index contributed by atoms with van der Waals surface area (Å²) in [5.74, 6) is 0. The van der Waals surface area contributed by atoms with Gasteiger partial charge in [-0.2, -0.15) is 5.10 Å². The van der Waals surface area contributed by atoms with Crippen LogP contribution in [0.4, 0.5) is 0 Å². The Morgan fingerprint density at radius 2 is 1.95 bits per heavy atom. The Morgan fingerprint density at radius 1 is 1.15 bits per heavy atom. The summed E-state index contributed by atoms with van der Waals surface area (Å²) < 4.78 is 1.93. The molecule has 1 N–H and O–H groups in total. The minimum atomic E-state index is 0.113. The van der Waals surface area contributed by atoms with Crippen molar-refractivity contribution in [1.82, 2.24) is 25.1 Å². The normalized spacial score (nSPS) is 12.7. The van der Waals surface area contributed by atoms with Crippen molar-refractivity contribution in [1.29, 1.82) is 0 Å². The number of nitrogens with one attached hydrogen (secondary N) is 1. The number of benzene rings is 1. The van der Waals surface area contributed by atoms with Crippen molar-refractivity contribution in [2.45, 2.75) is 19.5 Å². The van der Waals surface area contributed by atoms with Crippen LogP contribution >= 0.6 is 0 Å². The molecular formula is C15H17N5. The molecule has 0 aliphatic heterocycles. The smallest absolute Gasteiger partial charge is 0.0890 e. The van der Waals surface area contributed by atoms with Crippen molar-refractivity contribution in [3.05, 3.63) is 54.1 Å². The van der Waals surface area contributed by atoms with Crippen LogP contribution in [0.25, 0.3) is 11.0 Å². The topological polar surface area (TPSA) is 55.6 Å². The second kappa shape index (κ2) is 5.38. The average molecular weight is 267 g/mol. The van der Waals surface area contributed by atoms with Crippen molar-refractivity contribution in [3.63, 3.8) is 0 Å². The zero-order valence-electron chi connectivity index (χ0n) is 11.6. The molecule has 2 heterocycles. The first kappa shape index (κ1) is 12.7. The number of rotatable bonds is 4. The first-order valence-corrected chi connectivity index (χ1v) is 6.72. The molecule has 0 saturated heterocycles. The fraction of sp³-hybridized carbons (Fsp3) is 0.267. The monoisotopic (exact) mass is 267 g/mol. The van der Waals surface area contributed by atoms with Gasteiger partial charge < -0.3 is 5.32 Å². The van der Waals surface area contributed by atoms with Crippen LogP contribution in [0.1, 0.15) is 24.1 Å². The predicted molar refractivity (Wildman–Crippen MR) is 78.3 cm³/mol. The number of nitrogens with zero attached hydrogens (tertiary/aromatic N) is 4. The molecule has 0 amide bonds. The molecule has 1 atom stereocenters. The summed E-state index contributed by atoms with van der Waals surface area (Å²) >= 11 is 0. The highest BCUT2D eigenvalue weighted by Gasteiger charge is 2.14. The third-order valence-corrected chi connectivity index (χ3v) is 3.43. The summed E-state index contributed by atoms with van der Waals surface area (Å²) in [6, 6.07) is 6.28. The van der Waals surface area contributed by atoms with Gasteiger partial charge in [0.25, 0.3) is 0 Å². The lowest BCUT2D eigenvalue weighted by Gasteiger charge is -2.15. The number of hydrogen-bond donors (Lipinski definition) is 1. The molecular weight excluding hydrogens is 250 g/mol. The minimum Gasteiger partial charge on any atom is -0.309 e. The van der Waals surface area contributed by atoms with Crippen LogP contribution in [0.3, 0.4) is 0 Å². The summed E-state index contributed by atoms with van der Waals surface area (Å²) in [7, 11) is 1.95. The molecule has 5 heteroatoms. The van der Waals surface area contributed by atoms with Gasteiger partial charge in [-0.05, 0) is 31.7 Å². The predicted octanol–water partition coefficient (Wildman–Crippen LogP) is 2.16. The number of hydrogen-bond acceptors (Lipinski definition) is 4. The van der Waals surface area contributed by atoms with Crippen LogP contribution < -0.4 is 5.32 Å². The van der Waals surface area contributed by atoms with E-state index in [4.69, 9.17) is 0 Å². The Morgan fingerprint density at radius 3 is 2.65 bits per heavy atom. The first-order chi connectivity index (χ1) is 9.81. The van der Waals surface area contributed by atoms with E-state index in [1.165, 1.54) is 0 Å². The Hall–Kier alpha value is -2.27. The van der Waals surface area contributed by atoms with Gasteiger partial charge >= 0.3 is 0 Å². The molecule has 20 heavy (non-hydrogen) atoms. The van der Waals surface area contributed by atoms with Crippen molar-refractivity contribution in [3.8, 4) is 0 Å². The van der Waals surface area contributed by atoms with Gasteiger partial charge in [0.05, 0.1) is 23.3 Å². The summed E-state index contributed by atoms with van der Waals surface area (Å²) in [5, 5.41) is 7.68. The van der Waals surface area contributed by atoms with Gasteiger partial charge in [0, 0.05) is 30.7 Å². The summed E-state index contributed by atoms with van der Waals surface area (Å²) in [5.41, 5.74) is 4.14. The van der Waals surface area contributed by atoms with Crippen molar-refractivity contribution >= 4 is 11.0 Å². The highest BCUT2D eigenvalue weighted by Crippen LogP contribution is 2.23. The maximum absolute atomic E-state index is 4.36. The lowest BCUT2D eigenvalue weighted by atomic mass is 10.0. The molecule has 1 aromatic carbocycles. The van der Waals surface area contributed by atoms with Gasteiger partial charge in [0.1, 0.15) is 0 Å². The summed E-state index contributed by atoms with van der Waals surface area (Å²) in [6.07, 6.45) is 7.41. The van der Waals surface area contributed by atoms with E-state index in [1.54, 1.807) is 12.4 Å². The Bertz CT molecular complexity index is 719. The Kier molecular flexibility index (Phi) is 3.43. The summed E-state index contributed by atoms with van der Waals surface area (Å²) in [6.45, 7) is 2.95. The molecule has 0 aliphatic carbocycles. The number of aromatic nitrogens is 4. The molecule has 2 aromatic heterocycles. The van der Waals surface area contributed by atoms with Gasteiger partial charge in [-0.25, -0.2) is 0 Å². The maximum atomic E-state index is 4.36. The van der Waals surface area contributed by atoms with Crippen LogP contribution in [0.5, 0.6) is 0 Å². The van der Waals surface area contributed by atoms with Crippen LogP contribution in [0.15, 0.2) is 43.0 Å². The fourth-order valence-corrected chi connectivity index (χ4v) is 2.39. The molecule has 5 nitrogen and oxygen atoms in total. The molecule has 102 valence electrons. The quantitative estimate of drug-likeness (QED) is 0.787. The number of aryl methyl sites for hydroxylation is 1. The standard InChI is InChI=1S/C15H17N5/c1-3-20-10-12(9-19-20)15(16-2)11-4-5-13-14(8-11)18-7-6-17-13/h4-10,15-16H,3H2,1-2H3. The van der Waals surface area contributed by atoms with E-state index < -0.39 is 0 Å². The molecule has 0 aliphatic rings. The maximum Gasteiger partial charge on any atom is 0.0890 e. The van der Waals surface area contributed by atoms with E-state index in [-0.39, 0.29) is 6.04 Å². The highest BCUT2D eigenvalue weighted by molar-refractivity contribution is 5.74. The van der Waals surface area contributed by atoms with Gasteiger partial charge in [-0.1, -0.05) is 6.07 Å². The highest BCUT2D eigenvalue weighted by atomic mass is 15.3. The molecule has 0 bridgehead atoms. The van der Waals surface area contributed by atoms with E-state index in [1.807, 2.05) is 24.0 Å². The SMILES string of the molecule is CCn1cc(C(NC)c2ccc3nccnc3c2)cn1. The largest absolute Gasteiger partial charge is 0.309 e. The van der Waals surface area contributed by atoms with E-state index in [2.05, 4.69) is 45.6 Å². The second-order valence-electron chi connectivity index (χ2n) is 4.66. The van der Waals surface area contributed by atoms with Gasteiger partial charge in [-0.15, -0.1) is 0 Å². The fourth-order valence-electron chi connectivity index (χ4n) is 2.39. The zero-order chi connectivity index (χ0) is 13.9. The average Bonchev–Trinajstić information content (AvgIpc) is 2.97. The van der Waals surface area contributed by atoms with Gasteiger partial charge in [0.15, 0.2) is 0 Å². The minimum absolute atomic E-state index is 0.113. The van der Waals surface area contributed by atoms with E-state index in [9.17, 15) is 0 Å². The van der Waals surface area contributed by atoms with Gasteiger partial charge in [-0.3, -0.25) is 14.6 Å². The molecule has 3 aromatic rings. The van der Waals surface area contributed by atoms with E-state index >= 15 is 0 Å². The number of fused-ring (bicyclic) bond motifs is 1. The third-order valence-electron chi connectivity index (χ3n) is 3.43. The van der Waals surface area contributed by atoms with Crippen LogP contribution in [0.2, 0.25) is 0 Å². The molecule has 0 spiro atoms. The lowest BCUT2D eigenvalue weighted by Crippen LogP contribution is -2.17. The van der Waals surface area contributed by atoms with Crippen molar-refractivity contribution in [2.24, 2.45) is 0 Å².